The molecule has 2 aromatic rings. The van der Waals surface area contributed by atoms with Gasteiger partial charge in [0, 0.05) is 6.54 Å². The molecule has 0 saturated heterocycles. The van der Waals surface area contributed by atoms with Gasteiger partial charge in [-0.3, -0.25) is 4.68 Å². The molecule has 0 aliphatic heterocycles. The molecule has 2 heterocycles. The van der Waals surface area contributed by atoms with Crippen LogP contribution in [-0.4, -0.2) is 9.78 Å². The summed E-state index contributed by atoms with van der Waals surface area (Å²) in [7, 11) is 0. The van der Waals surface area contributed by atoms with E-state index in [0.717, 1.165) is 23.9 Å². The Morgan fingerprint density at radius 1 is 1.50 bits per heavy atom. The second-order valence-corrected chi connectivity index (χ2v) is 5.47. The van der Waals surface area contributed by atoms with Gasteiger partial charge in [-0.15, -0.1) is 22.9 Å². The molecule has 3 rings (SSSR count). The van der Waals surface area contributed by atoms with Crippen molar-refractivity contribution >= 4 is 22.9 Å². The average Bonchev–Trinajstić information content (AvgIpc) is 2.83. The summed E-state index contributed by atoms with van der Waals surface area (Å²) < 4.78 is 2.08. The summed E-state index contributed by atoms with van der Waals surface area (Å²) >= 11 is 7.68. The second kappa shape index (κ2) is 4.22. The number of aromatic nitrogens is 2. The van der Waals surface area contributed by atoms with E-state index in [1.807, 2.05) is 0 Å². The molecule has 0 unspecified atom stereocenters. The maximum absolute atomic E-state index is 5.95. The van der Waals surface area contributed by atoms with E-state index < -0.39 is 0 Å². The van der Waals surface area contributed by atoms with Gasteiger partial charge in [-0.25, -0.2) is 0 Å². The van der Waals surface area contributed by atoms with Crippen molar-refractivity contribution in [3.8, 4) is 10.6 Å². The van der Waals surface area contributed by atoms with Crippen LogP contribution in [0.15, 0.2) is 23.6 Å². The molecule has 0 bridgehead atoms. The van der Waals surface area contributed by atoms with Gasteiger partial charge in [0.2, 0.25) is 0 Å². The molecule has 1 aliphatic rings. The Labute approximate surface area is 104 Å². The van der Waals surface area contributed by atoms with E-state index in [1.54, 1.807) is 11.3 Å². The fourth-order valence-electron chi connectivity index (χ4n) is 1.81. The van der Waals surface area contributed by atoms with E-state index in [2.05, 4.69) is 33.4 Å². The summed E-state index contributed by atoms with van der Waals surface area (Å²) in [5.74, 6) is 1.38. The third-order valence-electron chi connectivity index (χ3n) is 2.90. The number of alkyl halides is 1. The highest BCUT2D eigenvalue weighted by Gasteiger charge is 2.23. The molecular formula is C12H13ClN2S. The molecule has 1 fully saturated rings. The predicted molar refractivity (Wildman–Crippen MR) is 67.8 cm³/mol. The van der Waals surface area contributed by atoms with Crippen molar-refractivity contribution in [3.63, 3.8) is 0 Å². The number of hydrogen-bond donors (Lipinski definition) is 0. The Balaban J connectivity index is 1.91. The summed E-state index contributed by atoms with van der Waals surface area (Å²) in [6.07, 6.45) is 2.69. The van der Waals surface area contributed by atoms with Crippen LogP contribution < -0.4 is 0 Å². The highest BCUT2D eigenvalue weighted by molar-refractivity contribution is 7.13. The van der Waals surface area contributed by atoms with E-state index in [0.29, 0.717) is 5.88 Å². The zero-order valence-electron chi connectivity index (χ0n) is 8.90. The molecule has 0 atom stereocenters. The molecule has 0 amide bonds. The minimum atomic E-state index is 0.547. The van der Waals surface area contributed by atoms with Crippen molar-refractivity contribution in [2.24, 2.45) is 5.92 Å². The zero-order valence-corrected chi connectivity index (χ0v) is 10.5. The van der Waals surface area contributed by atoms with Crippen LogP contribution in [0.25, 0.3) is 10.6 Å². The largest absolute Gasteiger partial charge is 0.267 e. The quantitative estimate of drug-likeness (QED) is 0.758. The standard InChI is InChI=1S/C12H13ClN2S/c13-7-10-6-11(12-2-1-5-16-12)14-15(10)8-9-3-4-9/h1-2,5-6,9H,3-4,7-8H2. The Hall–Kier alpha value is -0.800. The molecule has 16 heavy (non-hydrogen) atoms. The summed E-state index contributed by atoms with van der Waals surface area (Å²) in [6.45, 7) is 1.04. The van der Waals surface area contributed by atoms with Crippen LogP contribution in [0, 0.1) is 5.92 Å². The topological polar surface area (TPSA) is 17.8 Å². The molecule has 2 aromatic heterocycles. The molecule has 0 aromatic carbocycles. The van der Waals surface area contributed by atoms with Crippen LogP contribution in [0.3, 0.4) is 0 Å². The Bertz CT molecular complexity index is 471. The maximum atomic E-state index is 5.95. The summed E-state index contributed by atoms with van der Waals surface area (Å²) in [5, 5.41) is 6.73. The summed E-state index contributed by atoms with van der Waals surface area (Å²) in [6, 6.07) is 6.27. The minimum Gasteiger partial charge on any atom is -0.267 e. The van der Waals surface area contributed by atoms with Crippen molar-refractivity contribution < 1.29 is 0 Å². The smallest absolute Gasteiger partial charge is 0.103 e. The Morgan fingerprint density at radius 2 is 2.38 bits per heavy atom. The van der Waals surface area contributed by atoms with Crippen LogP contribution >= 0.6 is 22.9 Å². The summed E-state index contributed by atoms with van der Waals surface area (Å²) in [5.41, 5.74) is 2.20. The van der Waals surface area contributed by atoms with Crippen molar-refractivity contribution in [1.29, 1.82) is 0 Å². The number of rotatable bonds is 4. The van der Waals surface area contributed by atoms with Gasteiger partial charge in [-0.1, -0.05) is 6.07 Å². The molecule has 1 saturated carbocycles. The number of nitrogens with zero attached hydrogens (tertiary/aromatic N) is 2. The van der Waals surface area contributed by atoms with Crippen LogP contribution in [0.2, 0.25) is 0 Å². The maximum Gasteiger partial charge on any atom is 0.103 e. The van der Waals surface area contributed by atoms with Gasteiger partial charge in [0.15, 0.2) is 0 Å². The number of hydrogen-bond acceptors (Lipinski definition) is 2. The van der Waals surface area contributed by atoms with E-state index in [9.17, 15) is 0 Å². The average molecular weight is 253 g/mol. The predicted octanol–water partition coefficient (Wildman–Crippen LogP) is 3.76. The van der Waals surface area contributed by atoms with Crippen molar-refractivity contribution in [3.05, 3.63) is 29.3 Å². The van der Waals surface area contributed by atoms with Gasteiger partial charge in [0.25, 0.3) is 0 Å². The van der Waals surface area contributed by atoms with Crippen LogP contribution in [0.5, 0.6) is 0 Å². The fourth-order valence-corrected chi connectivity index (χ4v) is 2.71. The molecular weight excluding hydrogens is 240 g/mol. The number of thiophene rings is 1. The molecule has 0 spiro atoms. The molecule has 0 N–H and O–H groups in total. The van der Waals surface area contributed by atoms with Gasteiger partial charge in [-0.2, -0.15) is 5.10 Å². The second-order valence-electron chi connectivity index (χ2n) is 4.26. The third-order valence-corrected chi connectivity index (χ3v) is 4.07. The first-order valence-electron chi connectivity index (χ1n) is 5.53. The minimum absolute atomic E-state index is 0.547. The van der Waals surface area contributed by atoms with Crippen molar-refractivity contribution in [1.82, 2.24) is 9.78 Å². The fraction of sp³-hybridized carbons (Fsp3) is 0.417. The molecule has 4 heteroatoms. The first-order valence-corrected chi connectivity index (χ1v) is 6.95. The van der Waals surface area contributed by atoms with Crippen molar-refractivity contribution in [2.45, 2.75) is 25.3 Å². The van der Waals surface area contributed by atoms with Gasteiger partial charge < -0.3 is 0 Å². The van der Waals surface area contributed by atoms with E-state index >= 15 is 0 Å². The lowest BCUT2D eigenvalue weighted by Crippen LogP contribution is -2.05. The normalized spacial score (nSPS) is 15.6. The van der Waals surface area contributed by atoms with Gasteiger partial charge in [0.05, 0.1) is 16.5 Å². The molecule has 0 radical (unpaired) electrons. The first-order chi connectivity index (χ1) is 7.86. The SMILES string of the molecule is ClCc1cc(-c2cccs2)nn1CC1CC1. The Kier molecular flexibility index (Phi) is 2.74. The lowest BCUT2D eigenvalue weighted by atomic mass is 10.3. The molecule has 84 valence electrons. The molecule has 1 aliphatic carbocycles. The van der Waals surface area contributed by atoms with E-state index in [-0.39, 0.29) is 0 Å². The van der Waals surface area contributed by atoms with Crippen LogP contribution in [0.4, 0.5) is 0 Å². The van der Waals surface area contributed by atoms with Crippen molar-refractivity contribution in [2.75, 3.05) is 0 Å². The van der Waals surface area contributed by atoms with Crippen LogP contribution in [-0.2, 0) is 12.4 Å². The lowest BCUT2D eigenvalue weighted by Gasteiger charge is -2.02. The van der Waals surface area contributed by atoms with E-state index in [4.69, 9.17) is 11.6 Å². The number of halogens is 1. The van der Waals surface area contributed by atoms with E-state index in [1.165, 1.54) is 17.7 Å². The third kappa shape index (κ3) is 2.02. The highest BCUT2D eigenvalue weighted by atomic mass is 35.5. The summed E-state index contributed by atoms with van der Waals surface area (Å²) in [4.78, 5) is 1.22. The lowest BCUT2D eigenvalue weighted by molar-refractivity contribution is 0.549. The highest BCUT2D eigenvalue weighted by Crippen LogP contribution is 2.32. The zero-order chi connectivity index (χ0) is 11.0. The van der Waals surface area contributed by atoms with Gasteiger partial charge >= 0.3 is 0 Å². The van der Waals surface area contributed by atoms with Crippen LogP contribution in [0.1, 0.15) is 18.5 Å². The monoisotopic (exact) mass is 252 g/mol. The first kappa shape index (κ1) is 10.4. The van der Waals surface area contributed by atoms with Gasteiger partial charge in [-0.05, 0) is 36.3 Å². The van der Waals surface area contributed by atoms with Gasteiger partial charge in [0.1, 0.15) is 5.69 Å². The Morgan fingerprint density at radius 3 is 3.00 bits per heavy atom. The molecule has 2 nitrogen and oxygen atoms in total.